The summed E-state index contributed by atoms with van der Waals surface area (Å²) in [5, 5.41) is 2.36. The van der Waals surface area contributed by atoms with Crippen molar-refractivity contribution in [1.82, 2.24) is 9.62 Å². The topological polar surface area (TPSA) is 66.5 Å². The first-order valence-electron chi connectivity index (χ1n) is 11.3. The van der Waals surface area contributed by atoms with Crippen LogP contribution in [0, 0.1) is 0 Å². The van der Waals surface area contributed by atoms with Gasteiger partial charge in [-0.05, 0) is 44.0 Å². The van der Waals surface area contributed by atoms with E-state index in [-0.39, 0.29) is 6.54 Å². The smallest absolute Gasteiger partial charge is 0.234 e. The summed E-state index contributed by atoms with van der Waals surface area (Å²) in [4.78, 5) is 11.5. The van der Waals surface area contributed by atoms with Crippen molar-refractivity contribution in [3.63, 3.8) is 0 Å². The molecule has 8 heteroatoms. The number of allylic oxidation sites excluding steroid dienone is 1. The SMILES string of the molecule is C=C(C)CC.CC(=O)N(CCS[Si](C(C)C)(C(C)C)C(C)C)S(C)(=O)=O.[3H]C([3H])NC. The molecule has 0 aliphatic carbocycles. The van der Waals surface area contributed by atoms with Gasteiger partial charge in [0.15, 0.2) is 0 Å². The minimum atomic E-state index is -3.46. The van der Waals surface area contributed by atoms with Gasteiger partial charge in [-0.2, -0.15) is 11.2 Å². The monoisotopic (exact) mass is 472 g/mol. The Kier molecular flexibility index (Phi) is 16.2. The molecule has 0 radical (unpaired) electrons. The largest absolute Gasteiger partial charge is 0.323 e. The molecule has 176 valence electrons. The van der Waals surface area contributed by atoms with E-state index in [0.29, 0.717) is 22.4 Å². The number of carbonyl (C=O) groups excluding carboxylic acids is 1. The Morgan fingerprint density at radius 1 is 1.14 bits per heavy atom. The maximum absolute atomic E-state index is 11.6. The average molecular weight is 473 g/mol. The highest BCUT2D eigenvalue weighted by Gasteiger charge is 2.43. The Balaban J connectivity index is -0.000000646. The van der Waals surface area contributed by atoms with Gasteiger partial charge in [0, 0.05) is 22.0 Å². The van der Waals surface area contributed by atoms with Crippen LogP contribution >= 0.6 is 11.2 Å². The van der Waals surface area contributed by atoms with Crippen molar-refractivity contribution >= 4 is 34.4 Å². The highest BCUT2D eigenvalue weighted by atomic mass is 32.4. The van der Waals surface area contributed by atoms with Crippen molar-refractivity contribution in [3.05, 3.63) is 12.2 Å². The first kappa shape index (κ1) is 28.7. The number of hydrogen-bond donors (Lipinski definition) is 1. The fraction of sp³-hybridized carbons (Fsp3) is 0.857. The molecule has 29 heavy (non-hydrogen) atoms. The molecule has 0 saturated heterocycles. The molecule has 0 rings (SSSR count). The highest BCUT2D eigenvalue weighted by molar-refractivity contribution is 8.29. The fourth-order valence-electron chi connectivity index (χ4n) is 3.36. The van der Waals surface area contributed by atoms with Crippen LogP contribution in [0.15, 0.2) is 12.2 Å². The predicted octanol–water partition coefficient (Wildman–Crippen LogP) is 5.51. The molecule has 0 unspecified atom stereocenters. The first-order valence-corrected chi connectivity index (χ1v) is 16.0. The van der Waals surface area contributed by atoms with Crippen LogP contribution in [0.2, 0.25) is 16.6 Å². The number of nitrogens with one attached hydrogen (secondary N) is 1. The Hall–Kier alpha value is -0.313. The van der Waals surface area contributed by atoms with Gasteiger partial charge in [-0.25, -0.2) is 12.7 Å². The second-order valence-corrected chi connectivity index (χ2v) is 18.9. The van der Waals surface area contributed by atoms with E-state index >= 15 is 0 Å². The summed E-state index contributed by atoms with van der Waals surface area (Å²) in [6.45, 7) is 22.2. The van der Waals surface area contributed by atoms with Gasteiger partial charge in [-0.3, -0.25) is 4.79 Å². The van der Waals surface area contributed by atoms with E-state index in [4.69, 9.17) is 2.74 Å². The molecular weight excluding hydrogens is 420 g/mol. The number of rotatable bonds is 9. The van der Waals surface area contributed by atoms with E-state index in [1.165, 1.54) is 12.5 Å². The van der Waals surface area contributed by atoms with Crippen molar-refractivity contribution in [2.45, 2.75) is 85.4 Å². The molecule has 0 aliphatic rings. The zero-order chi connectivity index (χ0) is 25.6. The van der Waals surface area contributed by atoms with E-state index in [9.17, 15) is 13.2 Å². The Morgan fingerprint density at radius 3 is 1.66 bits per heavy atom. The summed E-state index contributed by atoms with van der Waals surface area (Å²) in [7, 11) is -3.49. The van der Waals surface area contributed by atoms with Gasteiger partial charge in [-0.15, -0.1) is 6.58 Å². The van der Waals surface area contributed by atoms with E-state index in [2.05, 4.69) is 60.4 Å². The van der Waals surface area contributed by atoms with E-state index in [1.54, 1.807) is 7.05 Å². The molecule has 1 amide bonds. The Bertz CT molecular complexity index is 592. The third-order valence-corrected chi connectivity index (χ3v) is 18.6. The van der Waals surface area contributed by atoms with Crippen LogP contribution in [0.25, 0.3) is 0 Å². The van der Waals surface area contributed by atoms with Crippen LogP contribution < -0.4 is 5.32 Å². The summed E-state index contributed by atoms with van der Waals surface area (Å²) < 4.78 is 37.0. The molecule has 0 bridgehead atoms. The molecule has 0 aliphatic heterocycles. The molecule has 0 spiro atoms. The summed E-state index contributed by atoms with van der Waals surface area (Å²) in [5.74, 6) is 0.289. The summed E-state index contributed by atoms with van der Waals surface area (Å²) in [5.41, 5.74) is 3.11. The second-order valence-electron chi connectivity index (χ2n) is 8.12. The van der Waals surface area contributed by atoms with Gasteiger partial charge in [0.2, 0.25) is 15.9 Å². The van der Waals surface area contributed by atoms with Crippen LogP contribution in [-0.4, -0.2) is 58.5 Å². The lowest BCUT2D eigenvalue weighted by Crippen LogP contribution is -2.43. The van der Waals surface area contributed by atoms with Crippen molar-refractivity contribution in [1.29, 1.82) is 0 Å². The fourth-order valence-corrected chi connectivity index (χ4v) is 14.3. The van der Waals surface area contributed by atoms with E-state index in [1.807, 2.05) is 18.1 Å². The van der Waals surface area contributed by atoms with Crippen LogP contribution in [0.4, 0.5) is 0 Å². The maximum atomic E-state index is 11.6. The maximum Gasteiger partial charge on any atom is 0.234 e. The lowest BCUT2D eigenvalue weighted by molar-refractivity contribution is -0.124. The van der Waals surface area contributed by atoms with Crippen molar-refractivity contribution in [2.75, 3.05) is 32.6 Å². The molecule has 0 saturated carbocycles. The number of sulfonamides is 1. The van der Waals surface area contributed by atoms with Crippen molar-refractivity contribution in [2.24, 2.45) is 0 Å². The predicted molar refractivity (Wildman–Crippen MR) is 136 cm³/mol. The minimum absolute atomic E-state index is 0.278. The number of hydrogen-bond acceptors (Lipinski definition) is 5. The van der Waals surface area contributed by atoms with Gasteiger partial charge in [-0.1, -0.05) is 54.0 Å². The molecule has 0 atom stereocenters. The summed E-state index contributed by atoms with van der Waals surface area (Å²) in [6.07, 6.45) is 2.21. The molecule has 0 aromatic carbocycles. The molecule has 0 aromatic rings. The molecule has 0 heterocycles. The number of carbonyl (C=O) groups is 1. The van der Waals surface area contributed by atoms with Gasteiger partial charge in [0.25, 0.3) is 0 Å². The number of nitrogens with zero attached hydrogens (tertiary/aromatic N) is 1. The molecule has 0 aromatic heterocycles. The van der Waals surface area contributed by atoms with Crippen LogP contribution in [0.3, 0.4) is 0 Å². The van der Waals surface area contributed by atoms with E-state index < -0.39 is 30.2 Å². The standard InChI is InChI=1S/C14H31NO3S2Si.C5H10.C2H7N/c1-11(2)21(12(3)4,13(5)6)19-10-9-15(14(7)16)20(8,17)18;1-4-5(2)3;1-3-2/h11-13H,9-10H2,1-8H3;2,4H2,1,3H3;3H,1-2H3/i;;1T2. The normalized spacial score (nSPS) is 12.7. The molecule has 5 nitrogen and oxygen atoms in total. The van der Waals surface area contributed by atoms with Gasteiger partial charge in [0.1, 0.15) is 7.22 Å². The van der Waals surface area contributed by atoms with Gasteiger partial charge in [0.05, 0.1) is 6.26 Å². The van der Waals surface area contributed by atoms with Crippen LogP contribution in [0.5, 0.6) is 0 Å². The summed E-state index contributed by atoms with van der Waals surface area (Å²) >= 11 is 1.94. The lowest BCUT2D eigenvalue weighted by Gasteiger charge is -2.42. The third-order valence-electron chi connectivity index (χ3n) is 4.71. The van der Waals surface area contributed by atoms with Crippen molar-refractivity contribution in [3.8, 4) is 0 Å². The zero-order valence-electron chi connectivity index (χ0n) is 22.6. The van der Waals surface area contributed by atoms with Crippen molar-refractivity contribution < 1.29 is 16.0 Å². The highest BCUT2D eigenvalue weighted by Crippen LogP contribution is 2.49. The van der Waals surface area contributed by atoms with Crippen LogP contribution in [0.1, 0.15) is 71.5 Å². The van der Waals surface area contributed by atoms with Gasteiger partial charge < -0.3 is 5.32 Å². The third kappa shape index (κ3) is 13.6. The molecule has 1 N–H and O–H groups in total. The molecule has 0 fully saturated rings. The molecular formula is C21H48N2O3S2Si. The summed E-state index contributed by atoms with van der Waals surface area (Å²) in [6, 6.07) is 0. The Labute approximate surface area is 190 Å². The average Bonchev–Trinajstić information content (AvgIpc) is 2.60. The Morgan fingerprint density at radius 2 is 1.48 bits per heavy atom. The second kappa shape index (κ2) is 16.4. The number of amides is 1. The van der Waals surface area contributed by atoms with E-state index in [0.717, 1.165) is 17.0 Å². The zero-order valence-corrected chi connectivity index (χ0v) is 23.3. The van der Waals surface area contributed by atoms with Gasteiger partial charge >= 0.3 is 0 Å². The minimum Gasteiger partial charge on any atom is -0.323 e. The first-order chi connectivity index (χ1) is 13.9. The lowest BCUT2D eigenvalue weighted by atomic mass is 10.3. The quantitative estimate of drug-likeness (QED) is 0.354. The van der Waals surface area contributed by atoms with Crippen LogP contribution in [-0.2, 0) is 14.8 Å².